The molecule has 0 radical (unpaired) electrons. The smallest absolute Gasteiger partial charge is 0.233 e. The number of thiophene rings is 1. The maximum absolute atomic E-state index is 12.4. The average Bonchev–Trinajstić information content (AvgIpc) is 3.13. The largest absolute Gasteiger partial charge is 0.339 e. The summed E-state index contributed by atoms with van der Waals surface area (Å²) in [5, 5.41) is 2.84. The molecule has 1 aromatic heterocycles. The van der Waals surface area contributed by atoms with Gasteiger partial charge in [-0.2, -0.15) is 0 Å². The monoisotopic (exact) mass is 380 g/mol. The molecule has 0 unspecified atom stereocenters. The van der Waals surface area contributed by atoms with Gasteiger partial charge in [0.2, 0.25) is 5.91 Å². The Hall–Kier alpha value is -1.01. The van der Waals surface area contributed by atoms with Crippen molar-refractivity contribution in [2.45, 2.75) is 11.3 Å². The van der Waals surface area contributed by atoms with Gasteiger partial charge in [0.05, 0.1) is 10.8 Å². The van der Waals surface area contributed by atoms with Crippen molar-refractivity contribution in [3.8, 4) is 0 Å². The fourth-order valence-electron chi connectivity index (χ4n) is 2.74. The van der Waals surface area contributed by atoms with Gasteiger partial charge in [0, 0.05) is 42.5 Å². The predicted octanol–water partition coefficient (Wildman–Crippen LogP) is 3.88. The topological polar surface area (TPSA) is 23.6 Å². The molecule has 0 bridgehead atoms. The number of piperazine rings is 1. The molecule has 0 saturated carbocycles. The van der Waals surface area contributed by atoms with Crippen LogP contribution in [-0.2, 0) is 11.2 Å². The molecule has 0 aliphatic carbocycles. The summed E-state index contributed by atoms with van der Waals surface area (Å²) in [6.07, 6.45) is 1.11. The first-order chi connectivity index (χ1) is 11.7. The van der Waals surface area contributed by atoms with Gasteiger partial charge >= 0.3 is 0 Å². The number of hydrogen-bond donors (Lipinski definition) is 0. The standard InChI is InChI=1S/C18H21ClN2OS2/c19-16-5-1-2-6-17(16)24-14-18(22)21-11-9-20(10-12-21)8-7-15-4-3-13-23-15/h1-6,13H,7-12,14H2. The Bertz CT molecular complexity index is 655. The normalized spacial score (nSPS) is 15.6. The second kappa shape index (κ2) is 8.90. The van der Waals surface area contributed by atoms with Gasteiger partial charge in [-0.15, -0.1) is 23.1 Å². The van der Waals surface area contributed by atoms with Crippen molar-refractivity contribution in [2.75, 3.05) is 38.5 Å². The Kier molecular flexibility index (Phi) is 6.60. The van der Waals surface area contributed by atoms with Gasteiger partial charge in [0.1, 0.15) is 0 Å². The first-order valence-electron chi connectivity index (χ1n) is 8.12. The van der Waals surface area contributed by atoms with Crippen molar-refractivity contribution in [1.29, 1.82) is 0 Å². The minimum atomic E-state index is 0.206. The van der Waals surface area contributed by atoms with Gasteiger partial charge in [-0.1, -0.05) is 29.8 Å². The van der Waals surface area contributed by atoms with Crippen LogP contribution in [0.15, 0.2) is 46.7 Å². The van der Waals surface area contributed by atoms with Gasteiger partial charge in [-0.05, 0) is 30.0 Å². The summed E-state index contributed by atoms with van der Waals surface area (Å²) in [5.41, 5.74) is 0. The van der Waals surface area contributed by atoms with E-state index in [1.165, 1.54) is 16.6 Å². The highest BCUT2D eigenvalue weighted by molar-refractivity contribution is 8.00. The van der Waals surface area contributed by atoms with Crippen molar-refractivity contribution in [3.63, 3.8) is 0 Å². The van der Waals surface area contributed by atoms with E-state index in [4.69, 9.17) is 11.6 Å². The first kappa shape index (κ1) is 17.8. The fraction of sp³-hybridized carbons (Fsp3) is 0.389. The second-order valence-corrected chi connectivity index (χ2v) is 8.23. The van der Waals surface area contributed by atoms with Crippen LogP contribution < -0.4 is 0 Å². The van der Waals surface area contributed by atoms with Crippen molar-refractivity contribution in [3.05, 3.63) is 51.7 Å². The Morgan fingerprint density at radius 2 is 1.92 bits per heavy atom. The molecule has 3 rings (SSSR count). The van der Waals surface area contributed by atoms with E-state index in [0.717, 1.165) is 44.0 Å². The predicted molar refractivity (Wildman–Crippen MR) is 103 cm³/mol. The minimum Gasteiger partial charge on any atom is -0.339 e. The molecule has 3 nitrogen and oxygen atoms in total. The zero-order valence-electron chi connectivity index (χ0n) is 13.5. The molecular formula is C18H21ClN2OS2. The highest BCUT2D eigenvalue weighted by atomic mass is 35.5. The van der Waals surface area contributed by atoms with E-state index < -0.39 is 0 Å². The lowest BCUT2D eigenvalue weighted by Crippen LogP contribution is -2.49. The lowest BCUT2D eigenvalue weighted by Gasteiger charge is -2.34. The number of hydrogen-bond acceptors (Lipinski definition) is 4. The summed E-state index contributed by atoms with van der Waals surface area (Å²) >= 11 is 9.48. The maximum Gasteiger partial charge on any atom is 0.233 e. The molecule has 1 fully saturated rings. The number of benzene rings is 1. The Morgan fingerprint density at radius 3 is 2.62 bits per heavy atom. The third kappa shape index (κ3) is 4.99. The van der Waals surface area contributed by atoms with Crippen LogP contribution in [0.25, 0.3) is 0 Å². The minimum absolute atomic E-state index is 0.206. The molecule has 24 heavy (non-hydrogen) atoms. The van der Waals surface area contributed by atoms with Crippen molar-refractivity contribution >= 4 is 40.6 Å². The van der Waals surface area contributed by atoms with E-state index in [2.05, 4.69) is 22.4 Å². The first-order valence-corrected chi connectivity index (χ1v) is 10.4. The molecule has 1 saturated heterocycles. The number of thioether (sulfide) groups is 1. The SMILES string of the molecule is O=C(CSc1ccccc1Cl)N1CCN(CCc2cccs2)CC1. The van der Waals surface area contributed by atoms with E-state index in [0.29, 0.717) is 10.8 Å². The molecule has 1 amide bonds. The Morgan fingerprint density at radius 1 is 1.12 bits per heavy atom. The highest BCUT2D eigenvalue weighted by Gasteiger charge is 2.21. The van der Waals surface area contributed by atoms with Crippen molar-refractivity contribution in [2.24, 2.45) is 0 Å². The fourth-order valence-corrected chi connectivity index (χ4v) is 4.58. The molecule has 2 heterocycles. The summed E-state index contributed by atoms with van der Waals surface area (Å²) in [4.78, 5) is 19.2. The second-order valence-electron chi connectivity index (χ2n) is 5.77. The van der Waals surface area contributed by atoms with Crippen LogP contribution in [0.5, 0.6) is 0 Å². The lowest BCUT2D eigenvalue weighted by molar-refractivity contribution is -0.130. The Labute approximate surface area is 156 Å². The van der Waals surface area contributed by atoms with Crippen LogP contribution in [0.2, 0.25) is 5.02 Å². The summed E-state index contributed by atoms with van der Waals surface area (Å²) in [7, 11) is 0. The molecule has 128 valence electrons. The molecular weight excluding hydrogens is 360 g/mol. The van der Waals surface area contributed by atoms with Crippen LogP contribution >= 0.6 is 34.7 Å². The van der Waals surface area contributed by atoms with E-state index in [9.17, 15) is 4.79 Å². The summed E-state index contributed by atoms with van der Waals surface area (Å²) in [5.74, 6) is 0.664. The molecule has 1 aromatic carbocycles. The number of halogens is 1. The van der Waals surface area contributed by atoms with Gasteiger partial charge in [-0.25, -0.2) is 0 Å². The summed E-state index contributed by atoms with van der Waals surface area (Å²) < 4.78 is 0. The third-order valence-electron chi connectivity index (χ3n) is 4.17. The summed E-state index contributed by atoms with van der Waals surface area (Å²) in [6, 6.07) is 12.0. The molecule has 1 aliphatic rings. The maximum atomic E-state index is 12.4. The molecule has 6 heteroatoms. The van der Waals surface area contributed by atoms with Crippen LogP contribution in [0.3, 0.4) is 0 Å². The molecule has 2 aromatic rings. The zero-order valence-corrected chi connectivity index (χ0v) is 15.9. The number of nitrogens with zero attached hydrogens (tertiary/aromatic N) is 2. The van der Waals surface area contributed by atoms with Crippen LogP contribution in [0.4, 0.5) is 0 Å². The van der Waals surface area contributed by atoms with E-state index >= 15 is 0 Å². The lowest BCUT2D eigenvalue weighted by atomic mass is 10.2. The number of amides is 1. The molecule has 0 spiro atoms. The van der Waals surface area contributed by atoms with Crippen LogP contribution in [0.1, 0.15) is 4.88 Å². The zero-order chi connectivity index (χ0) is 16.8. The van der Waals surface area contributed by atoms with Crippen molar-refractivity contribution < 1.29 is 4.79 Å². The molecule has 0 atom stereocenters. The van der Waals surface area contributed by atoms with Crippen LogP contribution in [-0.4, -0.2) is 54.2 Å². The van der Waals surface area contributed by atoms with Gasteiger partial charge in [0.25, 0.3) is 0 Å². The molecule has 1 aliphatic heterocycles. The number of carbonyl (C=O) groups is 1. The Balaban J connectivity index is 1.39. The third-order valence-corrected chi connectivity index (χ3v) is 6.60. The molecule has 0 N–H and O–H groups in total. The number of carbonyl (C=O) groups excluding carboxylic acids is 1. The van der Waals surface area contributed by atoms with E-state index in [1.54, 1.807) is 0 Å². The van der Waals surface area contributed by atoms with Crippen LogP contribution in [0, 0.1) is 0 Å². The average molecular weight is 381 g/mol. The number of rotatable bonds is 6. The van der Waals surface area contributed by atoms with Gasteiger partial charge in [0.15, 0.2) is 0 Å². The quantitative estimate of drug-likeness (QED) is 0.710. The van der Waals surface area contributed by atoms with E-state index in [1.807, 2.05) is 40.5 Å². The van der Waals surface area contributed by atoms with Crippen molar-refractivity contribution in [1.82, 2.24) is 9.80 Å². The van der Waals surface area contributed by atoms with Gasteiger partial charge in [-0.3, -0.25) is 9.69 Å². The van der Waals surface area contributed by atoms with Gasteiger partial charge < -0.3 is 4.90 Å². The summed E-state index contributed by atoms with van der Waals surface area (Å²) in [6.45, 7) is 4.66. The van der Waals surface area contributed by atoms with E-state index in [-0.39, 0.29) is 5.91 Å². The highest BCUT2D eigenvalue weighted by Crippen LogP contribution is 2.26.